The largest absolute Gasteiger partial charge is 0.465 e. The predicted molar refractivity (Wildman–Crippen MR) is 83.5 cm³/mol. The lowest BCUT2D eigenvalue weighted by molar-refractivity contribution is -0.133. The minimum Gasteiger partial charge on any atom is -0.465 e. The van der Waals surface area contributed by atoms with Gasteiger partial charge >= 0.3 is 11.9 Å². The van der Waals surface area contributed by atoms with E-state index >= 15 is 0 Å². The summed E-state index contributed by atoms with van der Waals surface area (Å²) in [6, 6.07) is 15.5. The zero-order valence-corrected chi connectivity index (χ0v) is 12.4. The third-order valence-corrected chi connectivity index (χ3v) is 3.08. The number of carbonyl (C=O) groups excluding carboxylic acids is 2. The van der Waals surface area contributed by atoms with Crippen molar-refractivity contribution in [3.63, 3.8) is 0 Å². The molecule has 2 rings (SSSR count). The first-order valence-electron chi connectivity index (χ1n) is 6.78. The zero-order valence-electron chi connectivity index (χ0n) is 12.4. The standard InChI is InChI=1S/C18H16O4/c1-3-14(18(20)21-2)15-11-7-8-12-16(15)22-17(19)13-9-5-4-6-10-13/h3-12H,1-2H3. The van der Waals surface area contributed by atoms with Crippen LogP contribution < -0.4 is 4.74 Å². The van der Waals surface area contributed by atoms with Gasteiger partial charge in [0.25, 0.3) is 0 Å². The molecule has 0 amide bonds. The molecule has 0 N–H and O–H groups in total. The zero-order chi connectivity index (χ0) is 15.9. The fraction of sp³-hybridized carbons (Fsp3) is 0.111. The van der Waals surface area contributed by atoms with Crippen LogP contribution in [0.15, 0.2) is 60.7 Å². The summed E-state index contributed by atoms with van der Waals surface area (Å²) in [6.45, 7) is 1.72. The number of hydrogen-bond donors (Lipinski definition) is 0. The van der Waals surface area contributed by atoms with Crippen molar-refractivity contribution in [1.29, 1.82) is 0 Å². The molecule has 0 saturated carbocycles. The number of para-hydroxylation sites is 1. The lowest BCUT2D eigenvalue weighted by atomic mass is 10.0. The molecule has 0 radical (unpaired) electrons. The number of allylic oxidation sites excluding steroid dienone is 1. The maximum atomic E-state index is 12.2. The Hall–Kier alpha value is -2.88. The maximum Gasteiger partial charge on any atom is 0.343 e. The van der Waals surface area contributed by atoms with Gasteiger partial charge in [0.15, 0.2) is 0 Å². The average Bonchev–Trinajstić information content (AvgIpc) is 2.57. The summed E-state index contributed by atoms with van der Waals surface area (Å²) in [5, 5.41) is 0. The smallest absolute Gasteiger partial charge is 0.343 e. The molecule has 0 fully saturated rings. The third kappa shape index (κ3) is 3.41. The van der Waals surface area contributed by atoms with Gasteiger partial charge in [0.2, 0.25) is 0 Å². The van der Waals surface area contributed by atoms with Gasteiger partial charge in [-0.05, 0) is 25.1 Å². The summed E-state index contributed by atoms with van der Waals surface area (Å²) < 4.78 is 10.2. The Balaban J connectivity index is 2.33. The monoisotopic (exact) mass is 296 g/mol. The van der Waals surface area contributed by atoms with Crippen molar-refractivity contribution in [3.05, 3.63) is 71.8 Å². The lowest BCUT2D eigenvalue weighted by Crippen LogP contribution is -2.11. The van der Waals surface area contributed by atoms with Crippen molar-refractivity contribution in [1.82, 2.24) is 0 Å². The van der Waals surface area contributed by atoms with Gasteiger partial charge in [0, 0.05) is 5.56 Å². The molecule has 0 bridgehead atoms. The van der Waals surface area contributed by atoms with Crippen molar-refractivity contribution in [2.24, 2.45) is 0 Å². The molecule has 0 spiro atoms. The van der Waals surface area contributed by atoms with Gasteiger partial charge in [-0.15, -0.1) is 0 Å². The molecule has 0 atom stereocenters. The second-order valence-electron chi connectivity index (χ2n) is 4.45. The Morgan fingerprint density at radius 3 is 2.23 bits per heavy atom. The molecule has 0 heterocycles. The van der Waals surface area contributed by atoms with Gasteiger partial charge in [-0.2, -0.15) is 0 Å². The first-order valence-corrected chi connectivity index (χ1v) is 6.78. The second kappa shape index (κ2) is 7.22. The highest BCUT2D eigenvalue weighted by molar-refractivity contribution is 6.17. The van der Waals surface area contributed by atoms with Crippen molar-refractivity contribution in [2.45, 2.75) is 6.92 Å². The molecule has 112 valence electrons. The average molecular weight is 296 g/mol. The van der Waals surface area contributed by atoms with Crippen LogP contribution in [0.1, 0.15) is 22.8 Å². The Bertz CT molecular complexity index is 702. The van der Waals surface area contributed by atoms with Crippen LogP contribution in [0.3, 0.4) is 0 Å². The number of rotatable bonds is 4. The summed E-state index contributed by atoms with van der Waals surface area (Å²) in [5.74, 6) is -0.645. The van der Waals surface area contributed by atoms with E-state index in [0.29, 0.717) is 22.4 Å². The molecule has 0 aliphatic heterocycles. The molecular formula is C18H16O4. The molecule has 0 aliphatic rings. The highest BCUT2D eigenvalue weighted by atomic mass is 16.5. The fourth-order valence-electron chi connectivity index (χ4n) is 2.00. The predicted octanol–water partition coefficient (Wildman–Crippen LogP) is 3.48. The number of benzene rings is 2. The van der Waals surface area contributed by atoms with Crippen LogP contribution in [0.4, 0.5) is 0 Å². The molecule has 0 aromatic heterocycles. The van der Waals surface area contributed by atoms with Gasteiger partial charge in [-0.3, -0.25) is 0 Å². The van der Waals surface area contributed by atoms with E-state index in [9.17, 15) is 9.59 Å². The van der Waals surface area contributed by atoms with E-state index in [2.05, 4.69) is 0 Å². The van der Waals surface area contributed by atoms with Crippen LogP contribution in [0, 0.1) is 0 Å². The highest BCUT2D eigenvalue weighted by Gasteiger charge is 2.18. The van der Waals surface area contributed by atoms with Gasteiger partial charge in [-0.25, -0.2) is 9.59 Å². The van der Waals surface area contributed by atoms with E-state index in [1.165, 1.54) is 7.11 Å². The second-order valence-corrected chi connectivity index (χ2v) is 4.45. The van der Waals surface area contributed by atoms with Gasteiger partial charge in [0.1, 0.15) is 5.75 Å². The van der Waals surface area contributed by atoms with E-state index in [1.807, 2.05) is 6.07 Å². The lowest BCUT2D eigenvalue weighted by Gasteiger charge is -2.11. The normalized spacial score (nSPS) is 10.9. The Kier molecular flexibility index (Phi) is 5.09. The minimum atomic E-state index is -0.481. The summed E-state index contributed by atoms with van der Waals surface area (Å²) in [5.41, 5.74) is 1.30. The Labute approximate surface area is 129 Å². The van der Waals surface area contributed by atoms with E-state index in [-0.39, 0.29) is 0 Å². The summed E-state index contributed by atoms with van der Waals surface area (Å²) in [4.78, 5) is 24.0. The number of hydrogen-bond acceptors (Lipinski definition) is 4. The molecule has 4 nitrogen and oxygen atoms in total. The SMILES string of the molecule is CC=C(C(=O)OC)c1ccccc1OC(=O)c1ccccc1. The van der Waals surface area contributed by atoms with Crippen LogP contribution in [-0.2, 0) is 9.53 Å². The van der Waals surface area contributed by atoms with Crippen LogP contribution in [0.2, 0.25) is 0 Å². The first-order chi connectivity index (χ1) is 10.7. The molecule has 4 heteroatoms. The third-order valence-electron chi connectivity index (χ3n) is 3.08. The van der Waals surface area contributed by atoms with Crippen LogP contribution in [0.25, 0.3) is 5.57 Å². The van der Waals surface area contributed by atoms with Crippen molar-refractivity contribution in [2.75, 3.05) is 7.11 Å². The molecule has 0 aliphatic carbocycles. The van der Waals surface area contributed by atoms with Crippen LogP contribution >= 0.6 is 0 Å². The van der Waals surface area contributed by atoms with Crippen LogP contribution in [0.5, 0.6) is 5.75 Å². The molecular weight excluding hydrogens is 280 g/mol. The number of methoxy groups -OCH3 is 1. The van der Waals surface area contributed by atoms with Gasteiger partial charge in [-0.1, -0.05) is 42.5 Å². The fourth-order valence-corrected chi connectivity index (χ4v) is 2.00. The Morgan fingerprint density at radius 1 is 0.955 bits per heavy atom. The van der Waals surface area contributed by atoms with E-state index in [1.54, 1.807) is 61.5 Å². The number of carbonyl (C=O) groups is 2. The van der Waals surface area contributed by atoms with E-state index in [0.717, 1.165) is 0 Å². The summed E-state index contributed by atoms with van der Waals surface area (Å²) >= 11 is 0. The van der Waals surface area contributed by atoms with Gasteiger partial charge in [0.05, 0.1) is 18.2 Å². The topological polar surface area (TPSA) is 52.6 Å². The van der Waals surface area contributed by atoms with Crippen molar-refractivity contribution in [3.8, 4) is 5.75 Å². The van der Waals surface area contributed by atoms with E-state index in [4.69, 9.17) is 9.47 Å². The van der Waals surface area contributed by atoms with E-state index < -0.39 is 11.9 Å². The quantitative estimate of drug-likeness (QED) is 0.492. The first kappa shape index (κ1) is 15.5. The molecule has 0 saturated heterocycles. The van der Waals surface area contributed by atoms with Crippen molar-refractivity contribution >= 4 is 17.5 Å². The van der Waals surface area contributed by atoms with Crippen molar-refractivity contribution < 1.29 is 19.1 Å². The van der Waals surface area contributed by atoms with Crippen LogP contribution in [-0.4, -0.2) is 19.0 Å². The molecule has 22 heavy (non-hydrogen) atoms. The minimum absolute atomic E-state index is 0.315. The van der Waals surface area contributed by atoms with Gasteiger partial charge < -0.3 is 9.47 Å². The number of ether oxygens (including phenoxy) is 2. The maximum absolute atomic E-state index is 12.2. The summed E-state index contributed by atoms with van der Waals surface area (Å²) in [7, 11) is 1.31. The molecule has 2 aromatic carbocycles. The summed E-state index contributed by atoms with van der Waals surface area (Å²) in [6.07, 6.45) is 1.63. The molecule has 0 unspecified atom stereocenters. The number of esters is 2. The Morgan fingerprint density at radius 2 is 1.59 bits per heavy atom. The molecule has 2 aromatic rings. The highest BCUT2D eigenvalue weighted by Crippen LogP contribution is 2.27.